The van der Waals surface area contributed by atoms with Crippen LogP contribution in [0.25, 0.3) is 0 Å². The Labute approximate surface area is 129 Å². The van der Waals surface area contributed by atoms with Crippen LogP contribution >= 0.6 is 11.6 Å². The topological polar surface area (TPSA) is 75.4 Å². The van der Waals surface area contributed by atoms with E-state index in [1.807, 2.05) is 4.90 Å². The van der Waals surface area contributed by atoms with E-state index in [0.717, 1.165) is 31.5 Å². The van der Waals surface area contributed by atoms with Gasteiger partial charge in [-0.3, -0.25) is 9.59 Å². The van der Waals surface area contributed by atoms with Gasteiger partial charge in [0.2, 0.25) is 11.8 Å². The number of rotatable bonds is 6. The number of amides is 2. The number of hydrogen-bond donors (Lipinski definition) is 2. The molecule has 0 bridgehead atoms. The first-order valence-electron chi connectivity index (χ1n) is 7.14. The monoisotopic (exact) mass is 309 g/mol. The average molecular weight is 310 g/mol. The van der Waals surface area contributed by atoms with Gasteiger partial charge in [-0.15, -0.1) is 0 Å². The summed E-state index contributed by atoms with van der Waals surface area (Å²) in [5, 5.41) is 3.70. The molecule has 0 radical (unpaired) electrons. The third-order valence-corrected chi connectivity index (χ3v) is 3.98. The molecule has 1 aliphatic rings. The van der Waals surface area contributed by atoms with E-state index in [0.29, 0.717) is 30.1 Å². The second kappa shape index (κ2) is 7.43. The number of likely N-dealkylation sites (tertiary alicyclic amines) is 1. The molecule has 114 valence electrons. The molecular formula is C15H20ClN3O2. The Kier molecular flexibility index (Phi) is 5.59. The summed E-state index contributed by atoms with van der Waals surface area (Å²) in [7, 11) is 0. The van der Waals surface area contributed by atoms with Crippen LogP contribution in [-0.2, 0) is 11.3 Å². The Balaban J connectivity index is 1.75. The van der Waals surface area contributed by atoms with E-state index in [2.05, 4.69) is 5.32 Å². The van der Waals surface area contributed by atoms with Crippen molar-refractivity contribution in [2.24, 2.45) is 5.73 Å². The van der Waals surface area contributed by atoms with Crippen LogP contribution in [-0.4, -0.2) is 36.3 Å². The Morgan fingerprint density at radius 2 is 2.00 bits per heavy atom. The minimum atomic E-state index is -0.493. The first-order valence-corrected chi connectivity index (χ1v) is 7.52. The van der Waals surface area contributed by atoms with Crippen molar-refractivity contribution in [3.63, 3.8) is 0 Å². The lowest BCUT2D eigenvalue weighted by Crippen LogP contribution is -2.30. The van der Waals surface area contributed by atoms with Gasteiger partial charge in [0.15, 0.2) is 0 Å². The number of halogens is 1. The van der Waals surface area contributed by atoms with Gasteiger partial charge in [0.25, 0.3) is 0 Å². The van der Waals surface area contributed by atoms with Crippen molar-refractivity contribution in [2.45, 2.75) is 25.8 Å². The maximum atomic E-state index is 11.9. The summed E-state index contributed by atoms with van der Waals surface area (Å²) in [4.78, 5) is 24.8. The first-order chi connectivity index (χ1) is 10.1. The van der Waals surface area contributed by atoms with Crippen LogP contribution in [0.5, 0.6) is 0 Å². The van der Waals surface area contributed by atoms with Gasteiger partial charge in [-0.05, 0) is 30.5 Å². The molecular weight excluding hydrogens is 290 g/mol. The molecule has 0 unspecified atom stereocenters. The van der Waals surface area contributed by atoms with Gasteiger partial charge in [-0.1, -0.05) is 17.7 Å². The molecule has 2 rings (SSSR count). The zero-order valence-corrected chi connectivity index (χ0v) is 12.7. The van der Waals surface area contributed by atoms with Gasteiger partial charge in [-0.2, -0.15) is 0 Å². The number of primary amides is 1. The molecule has 2 amide bonds. The maximum absolute atomic E-state index is 11.9. The van der Waals surface area contributed by atoms with Crippen LogP contribution in [0.4, 0.5) is 0 Å². The highest BCUT2D eigenvalue weighted by Gasteiger charge is 2.16. The predicted molar refractivity (Wildman–Crippen MR) is 82.1 cm³/mol. The summed E-state index contributed by atoms with van der Waals surface area (Å²) in [6.07, 6.45) is 2.72. The molecule has 1 aliphatic heterocycles. The number of hydrogen-bond acceptors (Lipinski definition) is 3. The highest BCUT2D eigenvalue weighted by molar-refractivity contribution is 6.31. The van der Waals surface area contributed by atoms with Gasteiger partial charge in [0.05, 0.1) is 0 Å². The minimum absolute atomic E-state index is 0.204. The fourth-order valence-corrected chi connectivity index (χ4v) is 2.63. The Hall–Kier alpha value is -1.59. The van der Waals surface area contributed by atoms with Crippen molar-refractivity contribution < 1.29 is 9.59 Å². The summed E-state index contributed by atoms with van der Waals surface area (Å²) >= 11 is 6.10. The normalized spacial score (nSPS) is 14.4. The molecule has 1 aromatic rings. The standard InChI is InChI=1S/C15H20ClN3O2/c16-13-9-11(15(17)21)3-4-12(13)10-18-6-5-14(20)19-7-1-2-8-19/h3-4,9,18H,1-2,5-8,10H2,(H2,17,21). The van der Waals surface area contributed by atoms with E-state index in [-0.39, 0.29) is 5.91 Å². The van der Waals surface area contributed by atoms with E-state index < -0.39 is 5.91 Å². The second-order valence-corrected chi connectivity index (χ2v) is 5.59. The summed E-state index contributed by atoms with van der Waals surface area (Å²) in [6.45, 7) is 2.95. The fourth-order valence-electron chi connectivity index (χ4n) is 2.39. The fraction of sp³-hybridized carbons (Fsp3) is 0.467. The lowest BCUT2D eigenvalue weighted by Gasteiger charge is -2.15. The number of carbonyl (C=O) groups excluding carboxylic acids is 2. The molecule has 1 saturated heterocycles. The number of nitrogens with zero attached hydrogens (tertiary/aromatic N) is 1. The highest BCUT2D eigenvalue weighted by Crippen LogP contribution is 2.17. The second-order valence-electron chi connectivity index (χ2n) is 5.19. The summed E-state index contributed by atoms with van der Waals surface area (Å²) < 4.78 is 0. The molecule has 1 fully saturated rings. The predicted octanol–water partition coefficient (Wildman–Crippen LogP) is 1.54. The lowest BCUT2D eigenvalue weighted by molar-refractivity contribution is -0.130. The molecule has 1 aromatic carbocycles. The largest absolute Gasteiger partial charge is 0.366 e. The molecule has 0 aromatic heterocycles. The molecule has 0 atom stereocenters. The van der Waals surface area contributed by atoms with E-state index in [9.17, 15) is 9.59 Å². The maximum Gasteiger partial charge on any atom is 0.248 e. The van der Waals surface area contributed by atoms with Gasteiger partial charge in [0.1, 0.15) is 0 Å². The summed E-state index contributed by atoms with van der Waals surface area (Å²) in [5.74, 6) is -0.289. The quantitative estimate of drug-likeness (QED) is 0.783. The molecule has 0 saturated carbocycles. The molecule has 1 heterocycles. The minimum Gasteiger partial charge on any atom is -0.366 e. The van der Waals surface area contributed by atoms with E-state index in [1.165, 1.54) is 0 Å². The van der Waals surface area contributed by atoms with Gasteiger partial charge in [-0.25, -0.2) is 0 Å². The van der Waals surface area contributed by atoms with Crippen LogP contribution in [0.2, 0.25) is 5.02 Å². The smallest absolute Gasteiger partial charge is 0.248 e. The number of nitrogens with two attached hydrogens (primary N) is 1. The first kappa shape index (κ1) is 15.8. The van der Waals surface area contributed by atoms with Crippen molar-refractivity contribution in [1.29, 1.82) is 0 Å². The van der Waals surface area contributed by atoms with Crippen molar-refractivity contribution in [1.82, 2.24) is 10.2 Å². The van der Waals surface area contributed by atoms with Crippen LogP contribution in [0.1, 0.15) is 35.2 Å². The number of benzene rings is 1. The third kappa shape index (κ3) is 4.44. The van der Waals surface area contributed by atoms with Crippen LogP contribution in [0, 0.1) is 0 Å². The molecule has 0 aliphatic carbocycles. The summed E-state index contributed by atoms with van der Waals surface area (Å²) in [6, 6.07) is 4.99. The van der Waals surface area contributed by atoms with Gasteiger partial charge < -0.3 is 16.0 Å². The van der Waals surface area contributed by atoms with E-state index in [1.54, 1.807) is 18.2 Å². The Morgan fingerprint density at radius 3 is 2.62 bits per heavy atom. The third-order valence-electron chi connectivity index (χ3n) is 3.63. The van der Waals surface area contributed by atoms with E-state index in [4.69, 9.17) is 17.3 Å². The van der Waals surface area contributed by atoms with Crippen molar-refractivity contribution in [2.75, 3.05) is 19.6 Å². The Bertz CT molecular complexity index is 528. The van der Waals surface area contributed by atoms with Gasteiger partial charge in [0, 0.05) is 43.2 Å². The van der Waals surface area contributed by atoms with Crippen molar-refractivity contribution >= 4 is 23.4 Å². The molecule has 21 heavy (non-hydrogen) atoms. The van der Waals surface area contributed by atoms with Crippen LogP contribution < -0.4 is 11.1 Å². The molecule has 3 N–H and O–H groups in total. The van der Waals surface area contributed by atoms with E-state index >= 15 is 0 Å². The molecule has 6 heteroatoms. The summed E-state index contributed by atoms with van der Waals surface area (Å²) in [5.41, 5.74) is 6.47. The Morgan fingerprint density at radius 1 is 1.29 bits per heavy atom. The SMILES string of the molecule is NC(=O)c1ccc(CNCCC(=O)N2CCCC2)c(Cl)c1. The zero-order chi connectivity index (χ0) is 15.2. The highest BCUT2D eigenvalue weighted by atomic mass is 35.5. The molecule has 5 nitrogen and oxygen atoms in total. The van der Waals surface area contributed by atoms with Crippen LogP contribution in [0.15, 0.2) is 18.2 Å². The molecule has 0 spiro atoms. The van der Waals surface area contributed by atoms with Crippen LogP contribution in [0.3, 0.4) is 0 Å². The zero-order valence-electron chi connectivity index (χ0n) is 11.9. The average Bonchev–Trinajstić information content (AvgIpc) is 2.98. The lowest BCUT2D eigenvalue weighted by atomic mass is 10.1. The van der Waals surface area contributed by atoms with Crippen molar-refractivity contribution in [3.05, 3.63) is 34.3 Å². The number of nitrogens with one attached hydrogen (secondary N) is 1. The number of carbonyl (C=O) groups is 2. The van der Waals surface area contributed by atoms with Gasteiger partial charge >= 0.3 is 0 Å². The van der Waals surface area contributed by atoms with Crippen molar-refractivity contribution in [3.8, 4) is 0 Å².